The Labute approximate surface area is 126 Å². The first-order valence-electron chi connectivity index (χ1n) is 6.01. The van der Waals surface area contributed by atoms with Gasteiger partial charge in [0, 0.05) is 30.1 Å². The summed E-state index contributed by atoms with van der Waals surface area (Å²) in [6.45, 7) is 3.77. The maximum Gasteiger partial charge on any atom is 0.102 e. The lowest BCUT2D eigenvalue weighted by Gasteiger charge is -2.17. The molecular formula is C13H12Cl3N3. The van der Waals surface area contributed by atoms with Gasteiger partial charge in [-0.25, -0.2) is 4.68 Å². The summed E-state index contributed by atoms with van der Waals surface area (Å²) in [7, 11) is 0. The van der Waals surface area contributed by atoms with Crippen LogP contribution in [0, 0.1) is 6.92 Å². The molecule has 0 saturated heterocycles. The normalized spacial score (nSPS) is 14.5. The zero-order valence-electron chi connectivity index (χ0n) is 10.3. The van der Waals surface area contributed by atoms with Crippen LogP contribution in [0.5, 0.6) is 0 Å². The van der Waals surface area contributed by atoms with Crippen molar-refractivity contribution < 1.29 is 0 Å². The van der Waals surface area contributed by atoms with E-state index in [-0.39, 0.29) is 0 Å². The lowest BCUT2D eigenvalue weighted by molar-refractivity contribution is 0.622. The number of nitrogens with one attached hydrogen (secondary N) is 1. The first kappa shape index (κ1) is 13.3. The molecule has 0 unspecified atom stereocenters. The molecule has 1 aromatic heterocycles. The average Bonchev–Trinajstić information content (AvgIpc) is 2.67. The van der Waals surface area contributed by atoms with Crippen LogP contribution in [0.15, 0.2) is 12.1 Å². The fourth-order valence-corrected chi connectivity index (χ4v) is 3.41. The van der Waals surface area contributed by atoms with Crippen LogP contribution < -0.4 is 5.32 Å². The summed E-state index contributed by atoms with van der Waals surface area (Å²) in [5, 5.41) is 9.48. The van der Waals surface area contributed by atoms with Crippen molar-refractivity contribution in [2.45, 2.75) is 19.9 Å². The summed E-state index contributed by atoms with van der Waals surface area (Å²) < 4.78 is 1.85. The smallest absolute Gasteiger partial charge is 0.102 e. The maximum atomic E-state index is 6.28. The molecule has 100 valence electrons. The van der Waals surface area contributed by atoms with Crippen LogP contribution in [0.2, 0.25) is 15.1 Å². The second-order valence-electron chi connectivity index (χ2n) is 4.57. The Bertz CT molecular complexity index is 626. The molecule has 0 spiro atoms. The van der Waals surface area contributed by atoms with E-state index in [2.05, 4.69) is 10.4 Å². The quantitative estimate of drug-likeness (QED) is 0.867. The van der Waals surface area contributed by atoms with Gasteiger partial charge >= 0.3 is 0 Å². The van der Waals surface area contributed by atoms with E-state index in [0.29, 0.717) is 20.8 Å². The van der Waals surface area contributed by atoms with E-state index in [9.17, 15) is 0 Å². The van der Waals surface area contributed by atoms with Crippen molar-refractivity contribution in [3.8, 4) is 5.69 Å². The van der Waals surface area contributed by atoms with Crippen LogP contribution in [-0.4, -0.2) is 16.3 Å². The van der Waals surface area contributed by atoms with E-state index in [1.807, 2.05) is 11.6 Å². The highest BCUT2D eigenvalue weighted by Gasteiger charge is 2.22. The molecule has 0 bridgehead atoms. The standard InChI is InChI=1S/C13H12Cl3N3/c1-7-9-6-17-3-2-12(9)19(18-7)13-10(15)4-8(14)5-11(13)16/h4-5,17H,2-3,6H2,1H3. The zero-order chi connectivity index (χ0) is 13.6. The Morgan fingerprint density at radius 2 is 1.89 bits per heavy atom. The molecule has 0 radical (unpaired) electrons. The molecule has 2 aromatic rings. The van der Waals surface area contributed by atoms with E-state index in [1.165, 1.54) is 11.3 Å². The summed E-state index contributed by atoms with van der Waals surface area (Å²) in [5.74, 6) is 0. The lowest BCUT2D eigenvalue weighted by Crippen LogP contribution is -2.24. The minimum Gasteiger partial charge on any atom is -0.312 e. The summed E-state index contributed by atoms with van der Waals surface area (Å²) in [6.07, 6.45) is 0.908. The predicted molar refractivity (Wildman–Crippen MR) is 78.7 cm³/mol. The number of fused-ring (bicyclic) bond motifs is 1. The Hall–Kier alpha value is -0.740. The number of aromatic nitrogens is 2. The van der Waals surface area contributed by atoms with Gasteiger partial charge in [-0.3, -0.25) is 0 Å². The molecule has 1 N–H and O–H groups in total. The molecule has 0 aliphatic carbocycles. The molecule has 1 aliphatic heterocycles. The van der Waals surface area contributed by atoms with E-state index < -0.39 is 0 Å². The second kappa shape index (κ2) is 4.98. The Balaban J connectivity index is 2.23. The number of benzene rings is 1. The first-order chi connectivity index (χ1) is 9.08. The molecule has 0 saturated carbocycles. The third-order valence-corrected chi connectivity index (χ3v) is 4.12. The van der Waals surface area contributed by atoms with Gasteiger partial charge in [-0.15, -0.1) is 0 Å². The lowest BCUT2D eigenvalue weighted by atomic mass is 10.1. The average molecular weight is 317 g/mol. The summed E-state index contributed by atoms with van der Waals surface area (Å²) in [4.78, 5) is 0. The van der Waals surface area contributed by atoms with Crippen LogP contribution in [0.3, 0.4) is 0 Å². The molecule has 3 rings (SSSR count). The summed E-state index contributed by atoms with van der Waals surface area (Å²) >= 11 is 18.5. The maximum absolute atomic E-state index is 6.28. The second-order valence-corrected chi connectivity index (χ2v) is 5.82. The SMILES string of the molecule is Cc1nn(-c2c(Cl)cc(Cl)cc2Cl)c2c1CNCC2. The number of nitrogens with zero attached hydrogens (tertiary/aromatic N) is 2. The van der Waals surface area contributed by atoms with Gasteiger partial charge in [-0.05, 0) is 19.1 Å². The van der Waals surface area contributed by atoms with E-state index in [1.54, 1.807) is 12.1 Å². The Morgan fingerprint density at radius 3 is 2.58 bits per heavy atom. The topological polar surface area (TPSA) is 29.9 Å². The predicted octanol–water partition coefficient (Wildman–Crippen LogP) is 3.79. The van der Waals surface area contributed by atoms with Crippen LogP contribution in [0.1, 0.15) is 17.0 Å². The highest BCUT2D eigenvalue weighted by Crippen LogP contribution is 2.34. The fourth-order valence-electron chi connectivity index (χ4n) is 2.44. The number of rotatable bonds is 1. The first-order valence-corrected chi connectivity index (χ1v) is 7.14. The molecule has 19 heavy (non-hydrogen) atoms. The van der Waals surface area contributed by atoms with Gasteiger partial charge < -0.3 is 5.32 Å². The number of hydrogen-bond donors (Lipinski definition) is 1. The van der Waals surface area contributed by atoms with Crippen LogP contribution in [-0.2, 0) is 13.0 Å². The number of aryl methyl sites for hydroxylation is 1. The van der Waals surface area contributed by atoms with Crippen molar-refractivity contribution in [1.29, 1.82) is 0 Å². The molecule has 3 nitrogen and oxygen atoms in total. The van der Waals surface area contributed by atoms with E-state index in [4.69, 9.17) is 34.8 Å². The number of hydrogen-bond acceptors (Lipinski definition) is 2. The summed E-state index contributed by atoms with van der Waals surface area (Å²) in [6, 6.07) is 3.38. The Morgan fingerprint density at radius 1 is 1.21 bits per heavy atom. The Kier molecular flexibility index (Phi) is 3.48. The molecule has 6 heteroatoms. The molecular weight excluding hydrogens is 305 g/mol. The van der Waals surface area contributed by atoms with Gasteiger partial charge in [0.1, 0.15) is 5.69 Å². The van der Waals surface area contributed by atoms with Crippen molar-refractivity contribution in [3.63, 3.8) is 0 Å². The van der Waals surface area contributed by atoms with Crippen molar-refractivity contribution in [2.75, 3.05) is 6.54 Å². The highest BCUT2D eigenvalue weighted by atomic mass is 35.5. The van der Waals surface area contributed by atoms with Gasteiger partial charge in [0.05, 0.1) is 21.4 Å². The van der Waals surface area contributed by atoms with Gasteiger partial charge in [-0.2, -0.15) is 5.10 Å². The summed E-state index contributed by atoms with van der Waals surface area (Å²) in [5.41, 5.74) is 4.11. The fraction of sp³-hybridized carbons (Fsp3) is 0.308. The van der Waals surface area contributed by atoms with Crippen molar-refractivity contribution in [1.82, 2.24) is 15.1 Å². The zero-order valence-corrected chi connectivity index (χ0v) is 12.6. The molecule has 1 aliphatic rings. The molecule has 1 aromatic carbocycles. The van der Waals surface area contributed by atoms with Crippen molar-refractivity contribution in [3.05, 3.63) is 44.2 Å². The molecule has 0 fully saturated rings. The highest BCUT2D eigenvalue weighted by molar-refractivity contribution is 6.40. The number of halogens is 3. The van der Waals surface area contributed by atoms with Crippen LogP contribution in [0.4, 0.5) is 0 Å². The van der Waals surface area contributed by atoms with E-state index in [0.717, 1.165) is 25.2 Å². The van der Waals surface area contributed by atoms with Gasteiger partial charge in [0.2, 0.25) is 0 Å². The third-order valence-electron chi connectivity index (χ3n) is 3.32. The van der Waals surface area contributed by atoms with Crippen molar-refractivity contribution >= 4 is 34.8 Å². The van der Waals surface area contributed by atoms with Gasteiger partial charge in [-0.1, -0.05) is 34.8 Å². The third kappa shape index (κ3) is 2.25. The van der Waals surface area contributed by atoms with Gasteiger partial charge in [0.25, 0.3) is 0 Å². The minimum atomic E-state index is 0.515. The largest absolute Gasteiger partial charge is 0.312 e. The molecule has 0 atom stereocenters. The van der Waals surface area contributed by atoms with Crippen molar-refractivity contribution in [2.24, 2.45) is 0 Å². The monoisotopic (exact) mass is 315 g/mol. The van der Waals surface area contributed by atoms with Crippen LogP contribution >= 0.6 is 34.8 Å². The molecule has 2 heterocycles. The van der Waals surface area contributed by atoms with Crippen LogP contribution in [0.25, 0.3) is 5.69 Å². The molecule has 0 amide bonds. The van der Waals surface area contributed by atoms with E-state index >= 15 is 0 Å². The minimum absolute atomic E-state index is 0.515. The van der Waals surface area contributed by atoms with Gasteiger partial charge in [0.15, 0.2) is 0 Å².